The van der Waals surface area contributed by atoms with Crippen molar-refractivity contribution in [3.05, 3.63) is 71.8 Å². The van der Waals surface area contributed by atoms with Gasteiger partial charge < -0.3 is 10.2 Å². The Bertz CT molecular complexity index is 1080. The Morgan fingerprint density at radius 1 is 0.567 bits per heavy atom. The summed E-state index contributed by atoms with van der Waals surface area (Å²) in [5, 5.41) is 22.3. The minimum absolute atomic E-state index is 0.151. The summed E-state index contributed by atoms with van der Waals surface area (Å²) in [6, 6.07) is 19.0. The highest BCUT2D eigenvalue weighted by molar-refractivity contribution is 5.87. The predicted octanol–water partition coefficient (Wildman–Crippen LogP) is 6.44. The first-order valence-electron chi connectivity index (χ1n) is 10.1. The molecule has 3 aromatic rings. The normalized spacial score (nSPS) is 16.5. The second-order valence-electron chi connectivity index (χ2n) is 8.85. The van der Waals surface area contributed by atoms with E-state index in [-0.39, 0.29) is 11.5 Å². The molecule has 1 aliphatic heterocycles. The molecule has 152 valence electrons. The highest BCUT2D eigenvalue weighted by Crippen LogP contribution is 2.44. The molecule has 4 nitrogen and oxygen atoms in total. The first-order valence-corrected chi connectivity index (χ1v) is 10.1. The summed E-state index contributed by atoms with van der Waals surface area (Å²) in [7, 11) is 0. The van der Waals surface area contributed by atoms with Gasteiger partial charge in [0.2, 0.25) is 0 Å². The van der Waals surface area contributed by atoms with Gasteiger partial charge in [-0.25, -0.2) is 0 Å². The number of nitrogens with zero attached hydrogens (tertiary/aromatic N) is 2. The van der Waals surface area contributed by atoms with E-state index in [0.717, 1.165) is 22.5 Å². The number of phenols is 2. The average molecular weight is 399 g/mol. The standard InChI is InChI=1S/C26H26N2O2/c1-25(2)15-27-21-13-5-6-14-22(21)28-16-26(3,4)20-12-8-10-18(24(20)30)17-9-7-11-19(25)23(17)29/h5-16,29-30H,1-4H3. The van der Waals surface area contributed by atoms with Crippen molar-refractivity contribution in [2.75, 3.05) is 0 Å². The summed E-state index contributed by atoms with van der Waals surface area (Å²) < 4.78 is 0. The Labute approximate surface area is 177 Å². The Balaban J connectivity index is 2.06. The Morgan fingerprint density at radius 3 is 1.37 bits per heavy atom. The van der Waals surface area contributed by atoms with Crippen molar-refractivity contribution in [1.82, 2.24) is 0 Å². The van der Waals surface area contributed by atoms with Crippen molar-refractivity contribution in [2.24, 2.45) is 9.98 Å². The lowest BCUT2D eigenvalue weighted by atomic mass is 9.81. The molecule has 0 atom stereocenters. The minimum atomic E-state index is -0.534. The summed E-state index contributed by atoms with van der Waals surface area (Å²) in [5.41, 5.74) is 3.11. The molecule has 4 bridgehead atoms. The quantitative estimate of drug-likeness (QED) is 0.458. The molecule has 0 saturated carbocycles. The van der Waals surface area contributed by atoms with Crippen LogP contribution in [0, 0.1) is 0 Å². The van der Waals surface area contributed by atoms with Crippen LogP contribution in [0.2, 0.25) is 0 Å². The van der Waals surface area contributed by atoms with E-state index in [1.54, 1.807) is 0 Å². The van der Waals surface area contributed by atoms with Crippen LogP contribution in [0.25, 0.3) is 11.1 Å². The zero-order chi connectivity index (χ0) is 21.5. The molecule has 0 saturated heterocycles. The van der Waals surface area contributed by atoms with E-state index < -0.39 is 10.8 Å². The van der Waals surface area contributed by atoms with Crippen LogP contribution in [-0.4, -0.2) is 22.6 Å². The zero-order valence-electron chi connectivity index (χ0n) is 17.7. The summed E-state index contributed by atoms with van der Waals surface area (Å²) in [6.45, 7) is 8.03. The molecule has 4 rings (SSSR count). The molecule has 0 aromatic heterocycles. The van der Waals surface area contributed by atoms with Crippen LogP contribution >= 0.6 is 0 Å². The number of hydrogen-bond donors (Lipinski definition) is 2. The van der Waals surface area contributed by atoms with E-state index in [1.165, 1.54) is 0 Å². The fourth-order valence-electron chi connectivity index (χ4n) is 3.85. The lowest BCUT2D eigenvalue weighted by Crippen LogP contribution is -2.20. The van der Waals surface area contributed by atoms with E-state index >= 15 is 0 Å². The largest absolute Gasteiger partial charge is 0.507 e. The van der Waals surface area contributed by atoms with Crippen LogP contribution in [0.3, 0.4) is 0 Å². The van der Waals surface area contributed by atoms with Gasteiger partial charge in [-0.15, -0.1) is 0 Å². The maximum atomic E-state index is 11.2. The van der Waals surface area contributed by atoms with Gasteiger partial charge in [0.05, 0.1) is 11.4 Å². The Kier molecular flexibility index (Phi) is 4.73. The molecular formula is C26H26N2O2. The smallest absolute Gasteiger partial charge is 0.127 e. The fourth-order valence-corrected chi connectivity index (χ4v) is 3.85. The summed E-state index contributed by atoms with van der Waals surface area (Å²) in [6.07, 6.45) is 3.68. The molecular weight excluding hydrogens is 372 g/mol. The second-order valence-corrected chi connectivity index (χ2v) is 8.85. The van der Waals surface area contributed by atoms with E-state index in [2.05, 4.69) is 0 Å². The number of benzene rings is 3. The number of para-hydroxylation sites is 4. The van der Waals surface area contributed by atoms with E-state index in [4.69, 9.17) is 9.98 Å². The third-order valence-electron chi connectivity index (χ3n) is 5.69. The van der Waals surface area contributed by atoms with Crippen LogP contribution in [0.5, 0.6) is 11.5 Å². The molecule has 0 amide bonds. The molecule has 1 aliphatic rings. The van der Waals surface area contributed by atoms with Crippen molar-refractivity contribution in [3.8, 4) is 22.6 Å². The summed E-state index contributed by atoms with van der Waals surface area (Å²) in [4.78, 5) is 9.43. The number of phenolic OH excluding ortho intramolecular Hbond substituents is 2. The van der Waals surface area contributed by atoms with Gasteiger partial charge >= 0.3 is 0 Å². The van der Waals surface area contributed by atoms with Gasteiger partial charge in [0.25, 0.3) is 0 Å². The minimum Gasteiger partial charge on any atom is -0.507 e. The van der Waals surface area contributed by atoms with Gasteiger partial charge in [-0.1, -0.05) is 76.2 Å². The zero-order valence-corrected chi connectivity index (χ0v) is 17.7. The van der Waals surface area contributed by atoms with Crippen molar-refractivity contribution in [3.63, 3.8) is 0 Å². The first kappa shape index (κ1) is 19.9. The van der Waals surface area contributed by atoms with Gasteiger partial charge in [0.1, 0.15) is 11.5 Å². The van der Waals surface area contributed by atoms with Crippen molar-refractivity contribution < 1.29 is 10.2 Å². The van der Waals surface area contributed by atoms with Crippen LogP contribution in [0.4, 0.5) is 11.4 Å². The molecule has 4 heteroatoms. The van der Waals surface area contributed by atoms with E-state index in [0.29, 0.717) is 11.1 Å². The van der Waals surface area contributed by atoms with Gasteiger partial charge in [0, 0.05) is 45.5 Å². The molecule has 30 heavy (non-hydrogen) atoms. The fraction of sp³-hybridized carbons (Fsp3) is 0.231. The number of aromatic hydroxyl groups is 2. The maximum Gasteiger partial charge on any atom is 0.127 e. The highest BCUT2D eigenvalue weighted by atomic mass is 16.3. The molecule has 0 fully saturated rings. The van der Waals surface area contributed by atoms with E-state index in [9.17, 15) is 10.2 Å². The summed E-state index contributed by atoms with van der Waals surface area (Å²) >= 11 is 0. The number of hydrogen-bond acceptors (Lipinski definition) is 4. The van der Waals surface area contributed by atoms with Crippen molar-refractivity contribution in [1.29, 1.82) is 0 Å². The lowest BCUT2D eigenvalue weighted by molar-refractivity contribution is 0.453. The molecule has 0 radical (unpaired) electrons. The summed E-state index contributed by atoms with van der Waals surface area (Å²) in [5.74, 6) is 0.302. The van der Waals surface area contributed by atoms with Gasteiger partial charge in [-0.05, 0) is 12.1 Å². The number of rotatable bonds is 0. The number of aliphatic imine (C=N–C) groups is 2. The maximum absolute atomic E-state index is 11.2. The van der Waals surface area contributed by atoms with E-state index in [1.807, 2.05) is 101 Å². The van der Waals surface area contributed by atoms with Crippen molar-refractivity contribution in [2.45, 2.75) is 38.5 Å². The monoisotopic (exact) mass is 398 g/mol. The van der Waals surface area contributed by atoms with Crippen molar-refractivity contribution >= 4 is 23.8 Å². The third-order valence-corrected chi connectivity index (χ3v) is 5.69. The Morgan fingerprint density at radius 2 is 0.967 bits per heavy atom. The van der Waals surface area contributed by atoms with Gasteiger partial charge in [-0.3, -0.25) is 9.98 Å². The third kappa shape index (κ3) is 3.39. The van der Waals surface area contributed by atoms with Crippen LogP contribution in [-0.2, 0) is 10.8 Å². The molecule has 3 aromatic carbocycles. The van der Waals surface area contributed by atoms with Gasteiger partial charge in [-0.2, -0.15) is 0 Å². The SMILES string of the molecule is CC1(C)C=Nc2ccccc2N=CC(C)(C)c2cccc(c2O)-c2cccc1c2O. The predicted molar refractivity (Wildman–Crippen MR) is 124 cm³/mol. The van der Waals surface area contributed by atoms with Crippen LogP contribution in [0.1, 0.15) is 38.8 Å². The number of fused-ring (bicyclic) bond motifs is 6. The molecule has 0 spiro atoms. The first-order chi connectivity index (χ1) is 14.2. The molecule has 1 heterocycles. The van der Waals surface area contributed by atoms with Crippen LogP contribution in [0.15, 0.2) is 70.6 Å². The molecule has 2 N–H and O–H groups in total. The second kappa shape index (κ2) is 7.13. The average Bonchev–Trinajstić information content (AvgIpc) is 2.71. The van der Waals surface area contributed by atoms with Gasteiger partial charge in [0.15, 0.2) is 0 Å². The Hall–Kier alpha value is -3.40. The topological polar surface area (TPSA) is 65.2 Å². The molecule has 0 unspecified atom stereocenters. The molecule has 0 aliphatic carbocycles. The highest BCUT2D eigenvalue weighted by Gasteiger charge is 2.28. The lowest BCUT2D eigenvalue weighted by Gasteiger charge is -2.25. The van der Waals surface area contributed by atoms with Crippen LogP contribution < -0.4 is 0 Å².